The molecule has 0 unspecified atom stereocenters. The van der Waals surface area contributed by atoms with Crippen LogP contribution in [0.5, 0.6) is 5.75 Å². The van der Waals surface area contributed by atoms with Crippen LogP contribution >= 0.6 is 0 Å². The molecule has 5 rings (SSSR count). The summed E-state index contributed by atoms with van der Waals surface area (Å²) in [5, 5.41) is 12.4. The molecule has 4 aromatic rings. The average molecular weight is 432 g/mol. The van der Waals surface area contributed by atoms with Gasteiger partial charge < -0.3 is 4.74 Å². The number of nitrogens with one attached hydrogen (secondary N) is 1. The Kier molecular flexibility index (Phi) is 5.49. The molecule has 1 N–H and O–H groups in total. The second kappa shape index (κ2) is 8.59. The molecule has 2 aromatic heterocycles. The van der Waals surface area contributed by atoms with Crippen LogP contribution in [0, 0.1) is 5.82 Å². The lowest BCUT2D eigenvalue weighted by Crippen LogP contribution is -2.17. The Morgan fingerprint density at radius 3 is 2.66 bits per heavy atom. The summed E-state index contributed by atoms with van der Waals surface area (Å²) in [4.78, 5) is 2.18. The number of rotatable bonds is 8. The summed E-state index contributed by atoms with van der Waals surface area (Å²) in [6, 6.07) is 16.9. The van der Waals surface area contributed by atoms with Gasteiger partial charge in [-0.3, -0.25) is 10.00 Å². The molecule has 7 heteroatoms. The second-order valence-electron chi connectivity index (χ2n) is 8.39. The molecule has 1 aliphatic carbocycles. The molecule has 0 spiro atoms. The summed E-state index contributed by atoms with van der Waals surface area (Å²) < 4.78 is 21.9. The van der Waals surface area contributed by atoms with E-state index in [9.17, 15) is 4.39 Å². The van der Waals surface area contributed by atoms with Gasteiger partial charge in [-0.1, -0.05) is 18.2 Å². The number of hydrogen-bond donors (Lipinski definition) is 1. The van der Waals surface area contributed by atoms with E-state index in [-0.39, 0.29) is 5.82 Å². The molecule has 0 aliphatic heterocycles. The first-order valence-electron chi connectivity index (χ1n) is 10.8. The van der Waals surface area contributed by atoms with E-state index < -0.39 is 0 Å². The summed E-state index contributed by atoms with van der Waals surface area (Å²) in [6.07, 6.45) is 4.44. The number of H-pyrrole nitrogens is 1. The lowest BCUT2D eigenvalue weighted by atomic mass is 10.1. The van der Waals surface area contributed by atoms with Crippen LogP contribution < -0.4 is 4.74 Å². The summed E-state index contributed by atoms with van der Waals surface area (Å²) >= 11 is 0. The van der Waals surface area contributed by atoms with Crippen molar-refractivity contribution in [2.24, 2.45) is 0 Å². The van der Waals surface area contributed by atoms with Gasteiger partial charge in [0.2, 0.25) is 0 Å². The van der Waals surface area contributed by atoms with E-state index in [1.807, 2.05) is 48.3 Å². The van der Waals surface area contributed by atoms with Crippen molar-refractivity contribution < 1.29 is 9.13 Å². The average Bonchev–Trinajstić information content (AvgIpc) is 3.42. The van der Waals surface area contributed by atoms with Crippen LogP contribution in [0.1, 0.15) is 35.7 Å². The predicted molar refractivity (Wildman–Crippen MR) is 121 cm³/mol. The van der Waals surface area contributed by atoms with Gasteiger partial charge in [-0.05, 0) is 50.2 Å². The van der Waals surface area contributed by atoms with Crippen LogP contribution in [0.4, 0.5) is 4.39 Å². The minimum atomic E-state index is -0.353. The molecule has 0 amide bonds. The van der Waals surface area contributed by atoms with Gasteiger partial charge >= 0.3 is 0 Å². The van der Waals surface area contributed by atoms with Gasteiger partial charge in [0.1, 0.15) is 17.3 Å². The van der Waals surface area contributed by atoms with Gasteiger partial charge in [-0.2, -0.15) is 10.2 Å². The Hall–Kier alpha value is -3.45. The Bertz CT molecular complexity index is 1210. The zero-order valence-corrected chi connectivity index (χ0v) is 18.3. The quantitative estimate of drug-likeness (QED) is 0.430. The minimum Gasteiger partial charge on any atom is -0.497 e. The Morgan fingerprint density at radius 2 is 1.94 bits per heavy atom. The highest BCUT2D eigenvalue weighted by atomic mass is 19.1. The van der Waals surface area contributed by atoms with E-state index in [0.29, 0.717) is 29.5 Å². The van der Waals surface area contributed by atoms with Crippen molar-refractivity contribution in [3.05, 3.63) is 83.6 Å². The van der Waals surface area contributed by atoms with Crippen molar-refractivity contribution >= 4 is 0 Å². The van der Waals surface area contributed by atoms with Gasteiger partial charge in [0.25, 0.3) is 0 Å². The Morgan fingerprint density at radius 1 is 1.12 bits per heavy atom. The monoisotopic (exact) mass is 431 g/mol. The fraction of sp³-hybridized carbons (Fsp3) is 0.280. The van der Waals surface area contributed by atoms with Gasteiger partial charge in [-0.15, -0.1) is 0 Å². The van der Waals surface area contributed by atoms with E-state index in [0.717, 1.165) is 29.2 Å². The van der Waals surface area contributed by atoms with Gasteiger partial charge in [0.15, 0.2) is 0 Å². The number of methoxy groups -OCH3 is 1. The highest BCUT2D eigenvalue weighted by molar-refractivity contribution is 5.65. The van der Waals surface area contributed by atoms with Crippen molar-refractivity contribution in [2.45, 2.75) is 31.8 Å². The normalized spacial score (nSPS) is 13.6. The number of aromatic amines is 1. The first kappa shape index (κ1) is 20.5. The third-order valence-corrected chi connectivity index (χ3v) is 5.77. The molecule has 1 saturated carbocycles. The van der Waals surface area contributed by atoms with Crippen LogP contribution in [0.25, 0.3) is 16.9 Å². The number of nitrogens with zero attached hydrogens (tertiary/aromatic N) is 4. The van der Waals surface area contributed by atoms with E-state index in [2.05, 4.69) is 21.2 Å². The molecule has 1 fully saturated rings. The lowest BCUT2D eigenvalue weighted by Gasteiger charge is -2.15. The fourth-order valence-corrected chi connectivity index (χ4v) is 3.97. The minimum absolute atomic E-state index is 0.353. The Labute approximate surface area is 186 Å². The molecule has 0 atom stereocenters. The first-order chi connectivity index (χ1) is 15.6. The van der Waals surface area contributed by atoms with Crippen LogP contribution in [0.3, 0.4) is 0 Å². The van der Waals surface area contributed by atoms with E-state index in [4.69, 9.17) is 9.84 Å². The number of aromatic nitrogens is 4. The zero-order chi connectivity index (χ0) is 22.1. The molecular formula is C25H26FN5O. The molecular weight excluding hydrogens is 405 g/mol. The van der Waals surface area contributed by atoms with E-state index in [1.165, 1.54) is 26.0 Å². The van der Waals surface area contributed by atoms with Crippen molar-refractivity contribution in [3.8, 4) is 22.7 Å². The largest absolute Gasteiger partial charge is 0.497 e. The molecule has 6 nitrogen and oxygen atoms in total. The maximum atomic E-state index is 14.9. The van der Waals surface area contributed by atoms with Crippen LogP contribution in [-0.4, -0.2) is 39.0 Å². The molecule has 2 aromatic carbocycles. The van der Waals surface area contributed by atoms with Crippen molar-refractivity contribution in [3.63, 3.8) is 0 Å². The van der Waals surface area contributed by atoms with Crippen molar-refractivity contribution in [2.75, 3.05) is 14.2 Å². The number of halogens is 1. The summed E-state index contributed by atoms with van der Waals surface area (Å²) in [5.41, 5.74) is 5.21. The molecule has 2 heterocycles. The molecule has 0 saturated heterocycles. The molecule has 0 radical (unpaired) electrons. The summed E-state index contributed by atoms with van der Waals surface area (Å²) in [6.45, 7) is 1.34. The first-order valence-corrected chi connectivity index (χ1v) is 10.8. The SMILES string of the molecule is COc1ccc(-c2nn(-c3ccccc3)cc2CN(C)Cc2cc(C3CC3)n[nH]2)c(F)c1. The molecule has 164 valence electrons. The van der Waals surface area contributed by atoms with Crippen LogP contribution in [0.2, 0.25) is 0 Å². The highest BCUT2D eigenvalue weighted by Crippen LogP contribution is 2.39. The van der Waals surface area contributed by atoms with Gasteiger partial charge in [-0.25, -0.2) is 9.07 Å². The number of hydrogen-bond acceptors (Lipinski definition) is 4. The van der Waals surface area contributed by atoms with Gasteiger partial charge in [0, 0.05) is 48.1 Å². The smallest absolute Gasteiger partial charge is 0.136 e. The number of para-hydroxylation sites is 1. The number of ether oxygens (including phenoxy) is 1. The lowest BCUT2D eigenvalue weighted by molar-refractivity contribution is 0.315. The van der Waals surface area contributed by atoms with Crippen molar-refractivity contribution in [1.29, 1.82) is 0 Å². The van der Waals surface area contributed by atoms with Gasteiger partial charge in [0.05, 0.1) is 18.5 Å². The molecule has 32 heavy (non-hydrogen) atoms. The second-order valence-corrected chi connectivity index (χ2v) is 8.39. The summed E-state index contributed by atoms with van der Waals surface area (Å²) in [7, 11) is 3.58. The maximum absolute atomic E-state index is 14.9. The third kappa shape index (κ3) is 4.29. The van der Waals surface area contributed by atoms with Crippen molar-refractivity contribution in [1.82, 2.24) is 24.9 Å². The third-order valence-electron chi connectivity index (χ3n) is 5.77. The number of benzene rings is 2. The Balaban J connectivity index is 1.44. The topological polar surface area (TPSA) is 59.0 Å². The van der Waals surface area contributed by atoms with E-state index >= 15 is 0 Å². The van der Waals surface area contributed by atoms with Crippen LogP contribution in [-0.2, 0) is 13.1 Å². The van der Waals surface area contributed by atoms with Crippen LogP contribution in [0.15, 0.2) is 60.8 Å². The maximum Gasteiger partial charge on any atom is 0.136 e. The predicted octanol–water partition coefficient (Wildman–Crippen LogP) is 4.92. The molecule has 1 aliphatic rings. The van der Waals surface area contributed by atoms with E-state index in [1.54, 1.807) is 12.1 Å². The highest BCUT2D eigenvalue weighted by Gasteiger charge is 2.26. The molecule has 0 bridgehead atoms. The zero-order valence-electron chi connectivity index (χ0n) is 18.3. The fourth-order valence-electron chi connectivity index (χ4n) is 3.97. The standard InChI is InChI=1S/C25H26FN5O/c1-30(16-19-12-24(28-27-19)17-8-9-17)14-18-15-31(20-6-4-3-5-7-20)29-25(18)22-11-10-21(32-2)13-23(22)26/h3-7,10-13,15,17H,8-9,14,16H2,1-2H3,(H,27,28). The summed E-state index contributed by atoms with van der Waals surface area (Å²) in [5.74, 6) is 0.756.